The zero-order valence-electron chi connectivity index (χ0n) is 19.2. The van der Waals surface area contributed by atoms with Gasteiger partial charge in [-0.25, -0.2) is 4.99 Å². The Kier molecular flexibility index (Phi) is 9.27. The molecule has 31 heavy (non-hydrogen) atoms. The third-order valence-corrected chi connectivity index (χ3v) is 4.72. The van der Waals surface area contributed by atoms with Crippen LogP contribution in [-0.4, -0.2) is 80.7 Å². The monoisotopic (exact) mass is 424 g/mol. The van der Waals surface area contributed by atoms with Crippen molar-refractivity contribution < 1.29 is 9.53 Å². The molecule has 1 aromatic rings. The topological polar surface area (TPSA) is 82.2 Å². The molecular weight excluding hydrogens is 392 g/mol. The maximum absolute atomic E-state index is 12.8. The highest BCUT2D eigenvalue weighted by Gasteiger charge is 2.24. The molecule has 1 aliphatic heterocycles. The number of hydrogen-bond acceptors (Lipinski definition) is 7. The van der Waals surface area contributed by atoms with Crippen LogP contribution in [0, 0.1) is 0 Å². The average Bonchev–Trinajstić information content (AvgIpc) is 2.96. The summed E-state index contributed by atoms with van der Waals surface area (Å²) in [6.07, 6.45) is 7.48. The molecule has 0 N–H and O–H groups in total. The van der Waals surface area contributed by atoms with Gasteiger partial charge in [-0.2, -0.15) is 10.2 Å². The first-order valence-electron chi connectivity index (χ1n) is 10.2. The molecule has 2 unspecified atom stereocenters. The quantitative estimate of drug-likeness (QED) is 0.365. The van der Waals surface area contributed by atoms with E-state index in [0.29, 0.717) is 24.6 Å². The van der Waals surface area contributed by atoms with Gasteiger partial charge in [-0.05, 0) is 18.6 Å². The van der Waals surface area contributed by atoms with Crippen LogP contribution in [0.1, 0.15) is 37.3 Å². The Balaban J connectivity index is 2.33. The smallest absolute Gasteiger partial charge is 0.183 e. The van der Waals surface area contributed by atoms with Crippen molar-refractivity contribution in [2.45, 2.75) is 32.2 Å². The number of amidine groups is 1. The average molecular weight is 425 g/mol. The SMILES string of the molecule is CN=C(N=CCOC)c1cccc(C(C)C2=NN(C(C)/C=N\N(C)C)C=CCC2=O)c1. The molecule has 0 bridgehead atoms. The summed E-state index contributed by atoms with van der Waals surface area (Å²) in [6.45, 7) is 4.40. The van der Waals surface area contributed by atoms with Crippen LogP contribution in [0.25, 0.3) is 0 Å². The Hall–Kier alpha value is -3.13. The van der Waals surface area contributed by atoms with E-state index in [1.807, 2.05) is 64.5 Å². The van der Waals surface area contributed by atoms with Crippen LogP contribution >= 0.6 is 0 Å². The Morgan fingerprint density at radius 1 is 1.35 bits per heavy atom. The van der Waals surface area contributed by atoms with Crippen molar-refractivity contribution in [1.82, 2.24) is 10.0 Å². The molecule has 166 valence electrons. The molecule has 2 atom stereocenters. The van der Waals surface area contributed by atoms with Crippen LogP contribution in [0.4, 0.5) is 0 Å². The molecule has 8 heteroatoms. The number of aliphatic imine (C=N–C) groups is 2. The van der Waals surface area contributed by atoms with E-state index < -0.39 is 0 Å². The van der Waals surface area contributed by atoms with Gasteiger partial charge in [0.2, 0.25) is 0 Å². The Morgan fingerprint density at radius 3 is 2.81 bits per heavy atom. The van der Waals surface area contributed by atoms with Crippen molar-refractivity contribution >= 4 is 29.8 Å². The second-order valence-corrected chi connectivity index (χ2v) is 7.39. The van der Waals surface area contributed by atoms with Gasteiger partial charge in [0.05, 0.1) is 12.6 Å². The molecule has 1 aliphatic rings. The molecule has 0 spiro atoms. The Labute approximate surface area is 184 Å². The summed E-state index contributed by atoms with van der Waals surface area (Å²) in [4.78, 5) is 21.5. The minimum atomic E-state index is -0.186. The van der Waals surface area contributed by atoms with Crippen LogP contribution in [0.15, 0.2) is 56.7 Å². The lowest BCUT2D eigenvalue weighted by atomic mass is 9.91. The van der Waals surface area contributed by atoms with Gasteiger partial charge in [0.1, 0.15) is 5.71 Å². The molecule has 0 amide bonds. The number of carbonyl (C=O) groups excluding carboxylic acids is 1. The summed E-state index contributed by atoms with van der Waals surface area (Å²) in [7, 11) is 7.05. The van der Waals surface area contributed by atoms with Crippen LogP contribution in [0.5, 0.6) is 0 Å². The fourth-order valence-electron chi connectivity index (χ4n) is 3.00. The van der Waals surface area contributed by atoms with Crippen molar-refractivity contribution in [2.75, 3.05) is 34.9 Å². The predicted octanol–water partition coefficient (Wildman–Crippen LogP) is 2.96. The van der Waals surface area contributed by atoms with E-state index in [1.54, 1.807) is 36.6 Å². The van der Waals surface area contributed by atoms with Gasteiger partial charge in [-0.15, -0.1) is 0 Å². The first-order valence-corrected chi connectivity index (χ1v) is 10.2. The number of hydrogen-bond donors (Lipinski definition) is 0. The van der Waals surface area contributed by atoms with E-state index in [9.17, 15) is 4.79 Å². The van der Waals surface area contributed by atoms with Crippen molar-refractivity contribution in [1.29, 1.82) is 0 Å². The number of Topliss-reactive ketones (excluding diaryl/α,β-unsaturated/α-hetero) is 1. The third-order valence-electron chi connectivity index (χ3n) is 4.72. The van der Waals surface area contributed by atoms with Gasteiger partial charge < -0.3 is 9.75 Å². The summed E-state index contributed by atoms with van der Waals surface area (Å²) >= 11 is 0. The van der Waals surface area contributed by atoms with E-state index in [4.69, 9.17) is 9.84 Å². The molecule has 0 aliphatic carbocycles. The lowest BCUT2D eigenvalue weighted by Crippen LogP contribution is -2.29. The number of carbonyl (C=O) groups is 1. The first kappa shape index (κ1) is 24.1. The molecule has 0 radical (unpaired) electrons. The number of benzene rings is 1. The molecular formula is C23H32N6O2. The number of ketones is 1. The predicted molar refractivity (Wildman–Crippen MR) is 127 cm³/mol. The number of methoxy groups -OCH3 is 1. The van der Waals surface area contributed by atoms with Crippen molar-refractivity contribution in [3.8, 4) is 0 Å². The van der Waals surface area contributed by atoms with Gasteiger partial charge in [-0.1, -0.05) is 31.2 Å². The third kappa shape index (κ3) is 6.96. The second-order valence-electron chi connectivity index (χ2n) is 7.39. The Morgan fingerprint density at radius 2 is 2.13 bits per heavy atom. The van der Waals surface area contributed by atoms with E-state index in [-0.39, 0.29) is 17.7 Å². The van der Waals surface area contributed by atoms with E-state index in [1.165, 1.54) is 0 Å². The van der Waals surface area contributed by atoms with Crippen LogP contribution in [0.3, 0.4) is 0 Å². The van der Waals surface area contributed by atoms with E-state index >= 15 is 0 Å². The zero-order valence-corrected chi connectivity index (χ0v) is 19.2. The van der Waals surface area contributed by atoms with Crippen LogP contribution < -0.4 is 0 Å². The fourth-order valence-corrected chi connectivity index (χ4v) is 3.00. The first-order chi connectivity index (χ1) is 14.9. The minimum absolute atomic E-state index is 0.0101. The standard InChI is InChI=1S/C23H32N6O2/c1-17(16-26-28(4)5)29-13-8-11-21(30)22(27-29)18(2)19-9-7-10-20(15-19)23(24-3)25-12-14-31-6/h7-10,12-13,15-18H,11,14H2,1-6H3/b24-23?,25-12?,26-16-. The molecule has 0 aromatic heterocycles. The largest absolute Gasteiger partial charge is 0.379 e. The number of hydrazone groups is 2. The summed E-state index contributed by atoms with van der Waals surface area (Å²) in [6, 6.07) is 7.81. The summed E-state index contributed by atoms with van der Waals surface area (Å²) in [5.41, 5.74) is 2.37. The van der Waals surface area contributed by atoms with E-state index in [2.05, 4.69) is 15.1 Å². The van der Waals surface area contributed by atoms with Crippen LogP contribution in [-0.2, 0) is 9.53 Å². The van der Waals surface area contributed by atoms with Gasteiger partial charge >= 0.3 is 0 Å². The highest BCUT2D eigenvalue weighted by atomic mass is 16.5. The van der Waals surface area contributed by atoms with Gasteiger partial charge in [0.25, 0.3) is 0 Å². The number of allylic oxidation sites excluding steroid dienone is 1. The molecule has 2 rings (SSSR count). The maximum Gasteiger partial charge on any atom is 0.183 e. The molecule has 0 saturated carbocycles. The summed E-state index contributed by atoms with van der Waals surface area (Å²) < 4.78 is 5.02. The minimum Gasteiger partial charge on any atom is -0.379 e. The fraction of sp³-hybridized carbons (Fsp3) is 0.435. The summed E-state index contributed by atoms with van der Waals surface area (Å²) in [5, 5.41) is 12.5. The normalized spacial score (nSPS) is 17.2. The lowest BCUT2D eigenvalue weighted by molar-refractivity contribution is -0.112. The molecule has 1 aromatic carbocycles. The lowest BCUT2D eigenvalue weighted by Gasteiger charge is -2.22. The highest BCUT2D eigenvalue weighted by Crippen LogP contribution is 2.22. The van der Waals surface area contributed by atoms with Crippen molar-refractivity contribution in [3.05, 3.63) is 47.7 Å². The number of rotatable bonds is 8. The van der Waals surface area contributed by atoms with E-state index in [0.717, 1.165) is 11.1 Å². The molecule has 8 nitrogen and oxygen atoms in total. The zero-order chi connectivity index (χ0) is 22.8. The van der Waals surface area contributed by atoms with Gasteiger partial charge in [-0.3, -0.25) is 14.8 Å². The van der Waals surface area contributed by atoms with Gasteiger partial charge in [0, 0.05) is 64.8 Å². The second kappa shape index (κ2) is 11.9. The molecule has 0 fully saturated rings. The number of nitrogens with zero attached hydrogens (tertiary/aromatic N) is 6. The summed E-state index contributed by atoms with van der Waals surface area (Å²) in [5.74, 6) is 0.432. The van der Waals surface area contributed by atoms with Crippen molar-refractivity contribution in [3.63, 3.8) is 0 Å². The molecule has 0 saturated heterocycles. The number of ether oxygens (including phenoxy) is 1. The molecule has 1 heterocycles. The highest BCUT2D eigenvalue weighted by molar-refractivity contribution is 6.42. The maximum atomic E-state index is 12.8. The van der Waals surface area contributed by atoms with Gasteiger partial charge in [0.15, 0.2) is 11.6 Å². The van der Waals surface area contributed by atoms with Crippen molar-refractivity contribution in [2.24, 2.45) is 20.2 Å². The Bertz CT molecular complexity index is 901. The van der Waals surface area contributed by atoms with Crippen LogP contribution in [0.2, 0.25) is 0 Å².